The van der Waals surface area contributed by atoms with Crippen LogP contribution in [0.25, 0.3) is 0 Å². The Morgan fingerprint density at radius 3 is 2.57 bits per heavy atom. The van der Waals surface area contributed by atoms with Crippen LogP contribution in [0.4, 0.5) is 5.69 Å². The van der Waals surface area contributed by atoms with Gasteiger partial charge in [0.15, 0.2) is 0 Å². The van der Waals surface area contributed by atoms with Gasteiger partial charge in [-0.05, 0) is 55.7 Å². The Kier molecular flexibility index (Phi) is 5.15. The van der Waals surface area contributed by atoms with Crippen molar-refractivity contribution in [2.24, 2.45) is 11.8 Å². The number of halogens is 1. The standard InChI is InChI=1S/C17H24ClNO2/c1-12(2)13-7-9-17(10-8-13,16(20)21-3)19-15-6-4-5-14(18)11-15/h4-6,11-13,19H,7-10H2,1-3H3. The summed E-state index contributed by atoms with van der Waals surface area (Å²) >= 11 is 6.03. The maximum absolute atomic E-state index is 12.3. The van der Waals surface area contributed by atoms with Crippen LogP contribution in [-0.4, -0.2) is 18.6 Å². The van der Waals surface area contributed by atoms with Gasteiger partial charge in [0, 0.05) is 10.7 Å². The topological polar surface area (TPSA) is 38.3 Å². The van der Waals surface area contributed by atoms with Crippen molar-refractivity contribution in [3.63, 3.8) is 0 Å². The van der Waals surface area contributed by atoms with Crippen LogP contribution >= 0.6 is 11.6 Å². The summed E-state index contributed by atoms with van der Waals surface area (Å²) in [6.07, 6.45) is 3.69. The van der Waals surface area contributed by atoms with E-state index in [0.717, 1.165) is 31.4 Å². The maximum Gasteiger partial charge on any atom is 0.331 e. The molecule has 1 N–H and O–H groups in total. The lowest BCUT2D eigenvalue weighted by atomic mass is 9.72. The fraction of sp³-hybridized carbons (Fsp3) is 0.588. The predicted octanol–water partition coefficient (Wildman–Crippen LogP) is 4.51. The minimum Gasteiger partial charge on any atom is -0.467 e. The number of carbonyl (C=O) groups excluding carboxylic acids is 1. The summed E-state index contributed by atoms with van der Waals surface area (Å²) in [7, 11) is 1.46. The number of anilines is 1. The summed E-state index contributed by atoms with van der Waals surface area (Å²) in [5, 5.41) is 4.05. The van der Waals surface area contributed by atoms with Crippen LogP contribution < -0.4 is 5.32 Å². The molecule has 0 heterocycles. The number of rotatable bonds is 4. The highest BCUT2D eigenvalue weighted by atomic mass is 35.5. The number of methoxy groups -OCH3 is 1. The normalized spacial score (nSPS) is 25.7. The molecule has 0 radical (unpaired) electrons. The summed E-state index contributed by atoms with van der Waals surface area (Å²) < 4.78 is 5.06. The molecule has 0 amide bonds. The molecule has 0 aromatic heterocycles. The second kappa shape index (κ2) is 6.69. The first-order valence-corrected chi connectivity index (χ1v) is 7.97. The lowest BCUT2D eigenvalue weighted by Crippen LogP contribution is -2.50. The molecule has 1 fully saturated rings. The Bertz CT molecular complexity index is 493. The van der Waals surface area contributed by atoms with Gasteiger partial charge in [0.05, 0.1) is 7.11 Å². The van der Waals surface area contributed by atoms with Crippen LogP contribution in [0.3, 0.4) is 0 Å². The van der Waals surface area contributed by atoms with Crippen molar-refractivity contribution < 1.29 is 9.53 Å². The predicted molar refractivity (Wildman–Crippen MR) is 86.6 cm³/mol. The van der Waals surface area contributed by atoms with Crippen LogP contribution in [0.2, 0.25) is 5.02 Å². The number of benzene rings is 1. The maximum atomic E-state index is 12.3. The summed E-state index contributed by atoms with van der Waals surface area (Å²) in [6, 6.07) is 7.49. The Labute approximate surface area is 132 Å². The molecule has 3 nitrogen and oxygen atoms in total. The van der Waals surface area contributed by atoms with E-state index in [0.29, 0.717) is 16.9 Å². The lowest BCUT2D eigenvalue weighted by Gasteiger charge is -2.40. The summed E-state index contributed by atoms with van der Waals surface area (Å²) in [6.45, 7) is 4.50. The first kappa shape index (κ1) is 16.2. The SMILES string of the molecule is COC(=O)C1(Nc2cccc(Cl)c2)CCC(C(C)C)CC1. The van der Waals surface area contributed by atoms with E-state index in [9.17, 15) is 4.79 Å². The Balaban J connectivity index is 2.17. The molecule has 2 rings (SSSR count). The first-order valence-electron chi connectivity index (χ1n) is 7.59. The van der Waals surface area contributed by atoms with E-state index in [4.69, 9.17) is 16.3 Å². The van der Waals surface area contributed by atoms with Crippen LogP contribution in [-0.2, 0) is 9.53 Å². The molecule has 1 aliphatic rings. The molecule has 0 aliphatic heterocycles. The highest BCUT2D eigenvalue weighted by molar-refractivity contribution is 6.30. The van der Waals surface area contributed by atoms with Gasteiger partial charge >= 0.3 is 5.97 Å². The molecule has 116 valence electrons. The monoisotopic (exact) mass is 309 g/mol. The van der Waals surface area contributed by atoms with Gasteiger partial charge in [-0.25, -0.2) is 4.79 Å². The minimum atomic E-state index is -0.620. The number of carbonyl (C=O) groups is 1. The lowest BCUT2D eigenvalue weighted by molar-refractivity contribution is -0.147. The fourth-order valence-corrected chi connectivity index (χ4v) is 3.41. The zero-order valence-corrected chi connectivity index (χ0v) is 13.7. The van der Waals surface area contributed by atoms with E-state index in [1.54, 1.807) is 0 Å². The van der Waals surface area contributed by atoms with E-state index in [-0.39, 0.29) is 5.97 Å². The highest BCUT2D eigenvalue weighted by Crippen LogP contribution is 2.38. The largest absolute Gasteiger partial charge is 0.467 e. The molecule has 0 bridgehead atoms. The van der Waals surface area contributed by atoms with Crippen molar-refractivity contribution >= 4 is 23.3 Å². The number of hydrogen-bond acceptors (Lipinski definition) is 3. The minimum absolute atomic E-state index is 0.176. The van der Waals surface area contributed by atoms with Crippen LogP contribution in [0.15, 0.2) is 24.3 Å². The molecule has 0 saturated heterocycles. The average Bonchev–Trinajstić information content (AvgIpc) is 2.46. The van der Waals surface area contributed by atoms with Crippen molar-refractivity contribution in [1.82, 2.24) is 0 Å². The van der Waals surface area contributed by atoms with Crippen LogP contribution in [0.1, 0.15) is 39.5 Å². The third-order valence-corrected chi connectivity index (χ3v) is 4.85. The van der Waals surface area contributed by atoms with Crippen molar-refractivity contribution in [3.05, 3.63) is 29.3 Å². The zero-order valence-electron chi connectivity index (χ0n) is 13.0. The Morgan fingerprint density at radius 1 is 1.38 bits per heavy atom. The molecule has 1 aromatic rings. The number of esters is 1. The smallest absolute Gasteiger partial charge is 0.331 e. The van der Waals surface area contributed by atoms with E-state index in [1.165, 1.54) is 7.11 Å². The second-order valence-corrected chi connectivity index (χ2v) is 6.73. The van der Waals surface area contributed by atoms with E-state index < -0.39 is 5.54 Å². The van der Waals surface area contributed by atoms with Gasteiger partial charge in [-0.2, -0.15) is 0 Å². The first-order chi connectivity index (χ1) is 9.97. The molecule has 1 aromatic carbocycles. The molecule has 21 heavy (non-hydrogen) atoms. The van der Waals surface area contributed by atoms with Gasteiger partial charge in [-0.3, -0.25) is 0 Å². The van der Waals surface area contributed by atoms with Crippen LogP contribution in [0, 0.1) is 11.8 Å². The van der Waals surface area contributed by atoms with Gasteiger partial charge in [0.1, 0.15) is 5.54 Å². The third kappa shape index (κ3) is 3.70. The molecule has 0 unspecified atom stereocenters. The van der Waals surface area contributed by atoms with Crippen molar-refractivity contribution in [2.75, 3.05) is 12.4 Å². The van der Waals surface area contributed by atoms with Gasteiger partial charge < -0.3 is 10.1 Å². The Hall–Kier alpha value is -1.22. The molecular formula is C17H24ClNO2. The number of ether oxygens (including phenoxy) is 1. The van der Waals surface area contributed by atoms with Crippen molar-refractivity contribution in [1.29, 1.82) is 0 Å². The van der Waals surface area contributed by atoms with Gasteiger partial charge in [-0.15, -0.1) is 0 Å². The van der Waals surface area contributed by atoms with E-state index in [1.807, 2.05) is 24.3 Å². The second-order valence-electron chi connectivity index (χ2n) is 6.29. The number of hydrogen-bond donors (Lipinski definition) is 1. The molecule has 0 atom stereocenters. The third-order valence-electron chi connectivity index (χ3n) is 4.61. The highest BCUT2D eigenvalue weighted by Gasteiger charge is 2.43. The van der Waals surface area contributed by atoms with E-state index >= 15 is 0 Å². The van der Waals surface area contributed by atoms with Gasteiger partial charge in [0.2, 0.25) is 0 Å². The molecule has 1 saturated carbocycles. The number of nitrogens with one attached hydrogen (secondary N) is 1. The fourth-order valence-electron chi connectivity index (χ4n) is 3.22. The summed E-state index contributed by atoms with van der Waals surface area (Å²) in [5.74, 6) is 1.17. The molecule has 1 aliphatic carbocycles. The quantitative estimate of drug-likeness (QED) is 0.832. The average molecular weight is 310 g/mol. The molecular weight excluding hydrogens is 286 g/mol. The summed E-state index contributed by atoms with van der Waals surface area (Å²) in [4.78, 5) is 12.3. The summed E-state index contributed by atoms with van der Waals surface area (Å²) in [5.41, 5.74) is 0.251. The zero-order chi connectivity index (χ0) is 15.5. The van der Waals surface area contributed by atoms with Gasteiger partial charge in [0.25, 0.3) is 0 Å². The van der Waals surface area contributed by atoms with Gasteiger partial charge in [-0.1, -0.05) is 31.5 Å². The Morgan fingerprint density at radius 2 is 2.05 bits per heavy atom. The van der Waals surface area contributed by atoms with Crippen molar-refractivity contribution in [3.8, 4) is 0 Å². The van der Waals surface area contributed by atoms with E-state index in [2.05, 4.69) is 19.2 Å². The van der Waals surface area contributed by atoms with Crippen LogP contribution in [0.5, 0.6) is 0 Å². The molecule has 4 heteroatoms. The van der Waals surface area contributed by atoms with Crippen molar-refractivity contribution in [2.45, 2.75) is 45.1 Å². The molecule has 0 spiro atoms.